The molecule has 6 heteroatoms. The van der Waals surface area contributed by atoms with Crippen molar-refractivity contribution in [1.82, 2.24) is 9.88 Å². The largest absolute Gasteiger partial charge is 0.487 e. The minimum absolute atomic E-state index is 0.0693. The first-order valence-electron chi connectivity index (χ1n) is 8.28. The highest BCUT2D eigenvalue weighted by atomic mass is 16.5. The monoisotopic (exact) mass is 340 g/mol. The van der Waals surface area contributed by atoms with E-state index in [2.05, 4.69) is 4.98 Å². The molecule has 6 nitrogen and oxygen atoms in total. The first-order valence-corrected chi connectivity index (χ1v) is 8.28. The number of hydrogen-bond acceptors (Lipinski definition) is 4. The molecule has 0 radical (unpaired) electrons. The molecule has 0 bridgehead atoms. The lowest BCUT2D eigenvalue weighted by atomic mass is 9.96. The van der Waals surface area contributed by atoms with E-state index >= 15 is 0 Å². The number of aromatic nitrogens is 1. The zero-order chi connectivity index (χ0) is 17.6. The zero-order valence-electron chi connectivity index (χ0n) is 13.8. The summed E-state index contributed by atoms with van der Waals surface area (Å²) < 4.78 is 5.66. The Morgan fingerprint density at radius 1 is 1.12 bits per heavy atom. The van der Waals surface area contributed by atoms with Crippen molar-refractivity contribution in [2.45, 2.75) is 19.4 Å². The van der Waals surface area contributed by atoms with Crippen LogP contribution in [0, 0.1) is 5.92 Å². The molecule has 0 spiro atoms. The number of rotatable bonds is 5. The van der Waals surface area contributed by atoms with E-state index in [1.165, 1.54) is 0 Å². The maximum absolute atomic E-state index is 12.5. The Labute approximate surface area is 146 Å². The Kier molecular flexibility index (Phi) is 5.28. The molecule has 1 saturated heterocycles. The number of aliphatic carboxylic acids is 1. The highest BCUT2D eigenvalue weighted by Gasteiger charge is 2.27. The highest BCUT2D eigenvalue weighted by Crippen LogP contribution is 2.20. The molecule has 130 valence electrons. The Hall–Kier alpha value is -2.89. The summed E-state index contributed by atoms with van der Waals surface area (Å²) in [5.41, 5.74) is 1.42. The predicted octanol–water partition coefficient (Wildman–Crippen LogP) is 2.60. The standard InChI is InChI=1S/C19H20N2O4/c22-18(21-11-8-15(9-12-21)19(23)24)14-4-6-17(7-5-14)25-13-16-3-1-2-10-20-16/h1-7,10,15H,8-9,11-13H2,(H,23,24). The number of likely N-dealkylation sites (tertiary alicyclic amines) is 1. The third-order valence-corrected chi connectivity index (χ3v) is 4.35. The van der Waals surface area contributed by atoms with Crippen molar-refractivity contribution in [2.24, 2.45) is 5.92 Å². The summed E-state index contributed by atoms with van der Waals surface area (Å²) >= 11 is 0. The van der Waals surface area contributed by atoms with Gasteiger partial charge in [0.1, 0.15) is 12.4 Å². The van der Waals surface area contributed by atoms with Crippen LogP contribution in [0.4, 0.5) is 0 Å². The van der Waals surface area contributed by atoms with Crippen LogP contribution in [0.3, 0.4) is 0 Å². The van der Waals surface area contributed by atoms with Crippen molar-refractivity contribution in [3.05, 3.63) is 59.9 Å². The van der Waals surface area contributed by atoms with Gasteiger partial charge >= 0.3 is 5.97 Å². The van der Waals surface area contributed by atoms with E-state index < -0.39 is 5.97 Å². The molecule has 0 unspecified atom stereocenters. The second kappa shape index (κ2) is 7.79. The summed E-state index contributed by atoms with van der Waals surface area (Å²) in [4.78, 5) is 29.4. The number of pyridine rings is 1. The van der Waals surface area contributed by atoms with E-state index in [0.29, 0.717) is 43.9 Å². The molecule has 1 aromatic heterocycles. The number of nitrogens with zero attached hydrogens (tertiary/aromatic N) is 2. The van der Waals surface area contributed by atoms with Gasteiger partial charge in [-0.3, -0.25) is 14.6 Å². The minimum atomic E-state index is -0.776. The fraction of sp³-hybridized carbons (Fsp3) is 0.316. The fourth-order valence-electron chi connectivity index (χ4n) is 2.85. The van der Waals surface area contributed by atoms with Gasteiger partial charge in [0, 0.05) is 24.8 Å². The molecule has 1 aliphatic rings. The number of carbonyl (C=O) groups excluding carboxylic acids is 1. The predicted molar refractivity (Wildman–Crippen MR) is 91.3 cm³/mol. The number of carbonyl (C=O) groups is 2. The Morgan fingerprint density at radius 2 is 1.84 bits per heavy atom. The number of ether oxygens (including phenoxy) is 1. The Balaban J connectivity index is 1.55. The van der Waals surface area contributed by atoms with Gasteiger partial charge in [0.25, 0.3) is 5.91 Å². The van der Waals surface area contributed by atoms with E-state index in [4.69, 9.17) is 9.84 Å². The summed E-state index contributed by atoms with van der Waals surface area (Å²) in [6.07, 6.45) is 2.73. The van der Waals surface area contributed by atoms with Crippen LogP contribution in [-0.2, 0) is 11.4 Å². The molecule has 0 atom stereocenters. The third-order valence-electron chi connectivity index (χ3n) is 4.35. The molecule has 2 aromatic rings. The Bertz CT molecular complexity index is 723. The minimum Gasteiger partial charge on any atom is -0.487 e. The maximum atomic E-state index is 12.5. The molecule has 2 heterocycles. The van der Waals surface area contributed by atoms with E-state index in [1.807, 2.05) is 18.2 Å². The molecule has 0 aliphatic carbocycles. The molecular weight excluding hydrogens is 320 g/mol. The second-order valence-electron chi connectivity index (χ2n) is 6.04. The number of piperidine rings is 1. The van der Waals surface area contributed by atoms with Crippen LogP contribution in [0.2, 0.25) is 0 Å². The van der Waals surface area contributed by atoms with Crippen LogP contribution >= 0.6 is 0 Å². The van der Waals surface area contributed by atoms with Crippen LogP contribution in [0.1, 0.15) is 28.9 Å². The lowest BCUT2D eigenvalue weighted by Crippen LogP contribution is -2.40. The van der Waals surface area contributed by atoms with Crippen molar-refractivity contribution >= 4 is 11.9 Å². The molecule has 1 amide bonds. The Morgan fingerprint density at radius 3 is 2.44 bits per heavy atom. The van der Waals surface area contributed by atoms with Gasteiger partial charge in [-0.25, -0.2) is 0 Å². The summed E-state index contributed by atoms with van der Waals surface area (Å²) in [7, 11) is 0. The summed E-state index contributed by atoms with van der Waals surface area (Å²) in [6, 6.07) is 12.6. The molecular formula is C19H20N2O4. The van der Waals surface area contributed by atoms with Crippen molar-refractivity contribution in [1.29, 1.82) is 0 Å². The zero-order valence-corrected chi connectivity index (χ0v) is 13.8. The highest BCUT2D eigenvalue weighted by molar-refractivity contribution is 5.94. The van der Waals surface area contributed by atoms with E-state index in [1.54, 1.807) is 35.4 Å². The van der Waals surface area contributed by atoms with Gasteiger partial charge < -0.3 is 14.7 Å². The van der Waals surface area contributed by atoms with Crippen molar-refractivity contribution in [2.75, 3.05) is 13.1 Å². The maximum Gasteiger partial charge on any atom is 0.306 e. The van der Waals surface area contributed by atoms with Crippen LogP contribution in [0.5, 0.6) is 5.75 Å². The summed E-state index contributed by atoms with van der Waals surface area (Å²) in [5.74, 6) is -0.514. The first-order chi connectivity index (χ1) is 12.1. The first kappa shape index (κ1) is 17.0. The van der Waals surface area contributed by atoms with E-state index in [9.17, 15) is 9.59 Å². The quantitative estimate of drug-likeness (QED) is 0.905. The van der Waals surface area contributed by atoms with Gasteiger partial charge in [-0.2, -0.15) is 0 Å². The van der Waals surface area contributed by atoms with Gasteiger partial charge in [0.2, 0.25) is 0 Å². The van der Waals surface area contributed by atoms with Crippen molar-refractivity contribution < 1.29 is 19.4 Å². The lowest BCUT2D eigenvalue weighted by Gasteiger charge is -2.30. The number of amides is 1. The van der Waals surface area contributed by atoms with Gasteiger partial charge in [0.05, 0.1) is 11.6 Å². The average Bonchev–Trinajstić information content (AvgIpc) is 2.67. The molecule has 1 aromatic carbocycles. The molecule has 25 heavy (non-hydrogen) atoms. The van der Waals surface area contributed by atoms with Crippen LogP contribution in [0.25, 0.3) is 0 Å². The SMILES string of the molecule is O=C(O)C1CCN(C(=O)c2ccc(OCc3ccccn3)cc2)CC1. The number of benzene rings is 1. The van der Waals surface area contributed by atoms with Gasteiger partial charge in [-0.15, -0.1) is 0 Å². The van der Waals surface area contributed by atoms with Crippen molar-refractivity contribution in [3.8, 4) is 5.75 Å². The van der Waals surface area contributed by atoms with Crippen LogP contribution < -0.4 is 4.74 Å². The fourth-order valence-corrected chi connectivity index (χ4v) is 2.85. The molecule has 3 rings (SSSR count). The van der Waals surface area contributed by atoms with Gasteiger partial charge in [-0.05, 0) is 49.2 Å². The molecule has 0 saturated carbocycles. The second-order valence-corrected chi connectivity index (χ2v) is 6.04. The molecule has 1 N–H and O–H groups in total. The number of carboxylic acid groups (broad SMARTS) is 1. The van der Waals surface area contributed by atoms with Gasteiger partial charge in [-0.1, -0.05) is 6.07 Å². The number of carboxylic acids is 1. The third kappa shape index (κ3) is 4.35. The smallest absolute Gasteiger partial charge is 0.306 e. The normalized spacial score (nSPS) is 15.0. The van der Waals surface area contributed by atoms with Crippen LogP contribution in [-0.4, -0.2) is 40.0 Å². The summed E-state index contributed by atoms with van der Waals surface area (Å²) in [6.45, 7) is 1.33. The van der Waals surface area contributed by atoms with E-state index in [0.717, 1.165) is 5.69 Å². The topological polar surface area (TPSA) is 79.7 Å². The summed E-state index contributed by atoms with van der Waals surface area (Å²) in [5, 5.41) is 9.02. The average molecular weight is 340 g/mol. The molecule has 1 fully saturated rings. The van der Waals surface area contributed by atoms with E-state index in [-0.39, 0.29) is 11.8 Å². The lowest BCUT2D eigenvalue weighted by molar-refractivity contribution is -0.143. The number of hydrogen-bond donors (Lipinski definition) is 1. The van der Waals surface area contributed by atoms with Crippen LogP contribution in [0.15, 0.2) is 48.7 Å². The van der Waals surface area contributed by atoms with Gasteiger partial charge in [0.15, 0.2) is 0 Å². The van der Waals surface area contributed by atoms with Crippen molar-refractivity contribution in [3.63, 3.8) is 0 Å². The molecule has 1 aliphatic heterocycles.